The van der Waals surface area contributed by atoms with Crippen LogP contribution in [-0.2, 0) is 4.84 Å². The first-order chi connectivity index (χ1) is 14.8. The van der Waals surface area contributed by atoms with E-state index in [2.05, 4.69) is 19.5 Å². The van der Waals surface area contributed by atoms with Gasteiger partial charge in [-0.15, -0.1) is 0 Å². The van der Waals surface area contributed by atoms with Crippen LogP contribution in [0, 0.1) is 5.82 Å². The molecule has 9 nitrogen and oxygen atoms in total. The van der Waals surface area contributed by atoms with Crippen molar-refractivity contribution in [1.82, 2.24) is 9.47 Å². The van der Waals surface area contributed by atoms with Crippen LogP contribution in [0.2, 0.25) is 0 Å². The monoisotopic (exact) mass is 434 g/mol. The molecule has 1 aromatic heterocycles. The fourth-order valence-electron chi connectivity index (χ4n) is 3.85. The van der Waals surface area contributed by atoms with Crippen LogP contribution in [0.3, 0.4) is 0 Å². The number of oxime groups is 1. The number of halogens is 1. The van der Waals surface area contributed by atoms with Gasteiger partial charge >= 0.3 is 6.16 Å². The predicted molar refractivity (Wildman–Crippen MR) is 116 cm³/mol. The van der Waals surface area contributed by atoms with E-state index in [-0.39, 0.29) is 11.2 Å². The first-order valence-electron chi connectivity index (χ1n) is 10.1. The van der Waals surface area contributed by atoms with Crippen molar-refractivity contribution in [2.45, 2.75) is 25.8 Å². The third-order valence-corrected chi connectivity index (χ3v) is 5.35. The smallest absolute Gasteiger partial charge is 0.450 e. The lowest BCUT2D eigenvalue weighted by atomic mass is 10.1. The minimum Gasteiger partial charge on any atom is -0.450 e. The van der Waals surface area contributed by atoms with Gasteiger partial charge in [-0.25, -0.2) is 9.18 Å². The van der Waals surface area contributed by atoms with Crippen molar-refractivity contribution in [3.63, 3.8) is 0 Å². The molecule has 0 spiro atoms. The average Bonchev–Trinajstić information content (AvgIpc) is 3.54. The Labute approximate surface area is 178 Å². The zero-order chi connectivity index (χ0) is 22.5. The highest BCUT2D eigenvalue weighted by atomic mass is 19.1. The minimum absolute atomic E-state index is 0.120. The standard InChI is InChI=1S/C20H25FN4O2.CH2O3/c1-14(22-27-2)13-23-7-9-24(10-8-23)19-12-18-16(11-17(19)21)20(26)5-6-25(18)15-3-4-15;2-1(3)4/h5-6,11-12,15H,3-4,7-10,13H2,1-2H3;(H2,2,3,4). The summed E-state index contributed by atoms with van der Waals surface area (Å²) in [6, 6.07) is 5.25. The first kappa shape index (κ1) is 22.5. The fourth-order valence-corrected chi connectivity index (χ4v) is 3.85. The molecule has 0 atom stereocenters. The molecule has 1 saturated heterocycles. The Balaban J connectivity index is 0.000000628. The zero-order valence-corrected chi connectivity index (χ0v) is 17.6. The van der Waals surface area contributed by atoms with Crippen molar-refractivity contribution in [3.8, 4) is 0 Å². The van der Waals surface area contributed by atoms with Gasteiger partial charge in [-0.2, -0.15) is 0 Å². The molecular formula is C21H27FN4O5. The van der Waals surface area contributed by atoms with E-state index in [0.717, 1.165) is 56.8 Å². The van der Waals surface area contributed by atoms with E-state index in [1.54, 1.807) is 13.2 Å². The van der Waals surface area contributed by atoms with E-state index in [1.165, 1.54) is 6.07 Å². The summed E-state index contributed by atoms with van der Waals surface area (Å²) in [6.45, 7) is 5.84. The summed E-state index contributed by atoms with van der Waals surface area (Å²) in [4.78, 5) is 29.9. The molecule has 2 N–H and O–H groups in total. The van der Waals surface area contributed by atoms with Gasteiger partial charge in [0.2, 0.25) is 0 Å². The number of benzene rings is 1. The van der Waals surface area contributed by atoms with E-state index >= 15 is 0 Å². The number of hydrogen-bond donors (Lipinski definition) is 2. The van der Waals surface area contributed by atoms with Crippen molar-refractivity contribution in [2.75, 3.05) is 44.7 Å². The maximum absolute atomic E-state index is 14.8. The van der Waals surface area contributed by atoms with Crippen LogP contribution in [0.4, 0.5) is 14.9 Å². The summed E-state index contributed by atoms with van der Waals surface area (Å²) in [5.74, 6) is -0.321. The number of hydrogen-bond acceptors (Lipinski definition) is 6. The van der Waals surface area contributed by atoms with E-state index in [0.29, 0.717) is 17.1 Å². The number of carboxylic acid groups (broad SMARTS) is 2. The lowest BCUT2D eigenvalue weighted by Gasteiger charge is -2.36. The molecule has 1 aliphatic carbocycles. The first-order valence-corrected chi connectivity index (χ1v) is 10.1. The van der Waals surface area contributed by atoms with Crippen molar-refractivity contribution >= 4 is 28.5 Å². The molecule has 168 valence electrons. The Hall–Kier alpha value is -3.14. The van der Waals surface area contributed by atoms with Crippen LogP contribution in [0.5, 0.6) is 0 Å². The van der Waals surface area contributed by atoms with Crippen molar-refractivity contribution in [3.05, 3.63) is 40.4 Å². The van der Waals surface area contributed by atoms with Gasteiger partial charge in [-0.1, -0.05) is 5.16 Å². The summed E-state index contributed by atoms with van der Waals surface area (Å²) in [7, 11) is 1.55. The van der Waals surface area contributed by atoms with Crippen LogP contribution in [-0.4, -0.2) is 71.4 Å². The Morgan fingerprint density at radius 2 is 1.87 bits per heavy atom. The molecule has 0 bridgehead atoms. The second kappa shape index (κ2) is 9.78. The van der Waals surface area contributed by atoms with Crippen LogP contribution >= 0.6 is 0 Å². The lowest BCUT2D eigenvalue weighted by Crippen LogP contribution is -2.48. The van der Waals surface area contributed by atoms with Crippen LogP contribution in [0.15, 0.2) is 34.3 Å². The van der Waals surface area contributed by atoms with Gasteiger partial charge in [0.15, 0.2) is 5.43 Å². The second-order valence-electron chi connectivity index (χ2n) is 7.69. The molecular weight excluding hydrogens is 407 g/mol. The van der Waals surface area contributed by atoms with Gasteiger partial charge in [0.1, 0.15) is 12.9 Å². The van der Waals surface area contributed by atoms with Crippen molar-refractivity contribution in [1.29, 1.82) is 0 Å². The minimum atomic E-state index is -1.83. The zero-order valence-electron chi connectivity index (χ0n) is 17.6. The van der Waals surface area contributed by atoms with Gasteiger partial charge in [0.25, 0.3) is 0 Å². The Morgan fingerprint density at radius 3 is 2.45 bits per heavy atom. The molecule has 2 aromatic rings. The quantitative estimate of drug-likeness (QED) is 0.550. The maximum Gasteiger partial charge on any atom is 0.503 e. The molecule has 0 unspecified atom stereocenters. The molecule has 2 heterocycles. The molecule has 1 saturated carbocycles. The Bertz CT molecular complexity index is 1020. The highest BCUT2D eigenvalue weighted by Crippen LogP contribution is 2.37. The predicted octanol–water partition coefficient (Wildman–Crippen LogP) is 2.84. The summed E-state index contributed by atoms with van der Waals surface area (Å²) in [6.07, 6.45) is 2.25. The number of nitrogens with zero attached hydrogens (tertiary/aromatic N) is 4. The maximum atomic E-state index is 14.8. The molecule has 0 radical (unpaired) electrons. The summed E-state index contributed by atoms with van der Waals surface area (Å²) in [5.41, 5.74) is 2.23. The third kappa shape index (κ3) is 5.72. The van der Waals surface area contributed by atoms with Gasteiger partial charge in [-0.3, -0.25) is 9.69 Å². The topological polar surface area (TPSA) is 108 Å². The number of piperazine rings is 1. The summed E-state index contributed by atoms with van der Waals surface area (Å²) < 4.78 is 16.9. The van der Waals surface area contributed by atoms with E-state index in [9.17, 15) is 9.18 Å². The molecule has 2 fully saturated rings. The number of pyridine rings is 1. The molecule has 1 aliphatic heterocycles. The second-order valence-corrected chi connectivity index (χ2v) is 7.69. The largest absolute Gasteiger partial charge is 0.503 e. The number of aromatic nitrogens is 1. The Morgan fingerprint density at radius 1 is 1.23 bits per heavy atom. The number of anilines is 1. The number of fused-ring (bicyclic) bond motifs is 1. The molecule has 0 amide bonds. The van der Waals surface area contributed by atoms with Gasteiger partial charge in [-0.05, 0) is 31.9 Å². The fraction of sp³-hybridized carbons (Fsp3) is 0.476. The molecule has 1 aromatic carbocycles. The van der Waals surface area contributed by atoms with E-state index in [4.69, 9.17) is 19.8 Å². The van der Waals surface area contributed by atoms with E-state index in [1.807, 2.05) is 19.2 Å². The third-order valence-electron chi connectivity index (χ3n) is 5.35. The van der Waals surface area contributed by atoms with Crippen molar-refractivity contribution in [2.24, 2.45) is 5.16 Å². The normalized spacial score (nSPS) is 17.3. The Kier molecular flexibility index (Phi) is 7.11. The van der Waals surface area contributed by atoms with Gasteiger partial charge in [0.05, 0.1) is 16.9 Å². The number of rotatable bonds is 5. The number of carbonyl (C=O) groups is 1. The van der Waals surface area contributed by atoms with Crippen molar-refractivity contribution < 1.29 is 24.2 Å². The lowest BCUT2D eigenvalue weighted by molar-refractivity contribution is 0.137. The van der Waals surface area contributed by atoms with Crippen LogP contribution in [0.1, 0.15) is 25.8 Å². The molecule has 10 heteroatoms. The highest BCUT2D eigenvalue weighted by Gasteiger charge is 2.26. The summed E-state index contributed by atoms with van der Waals surface area (Å²) in [5, 5.41) is 18.4. The van der Waals surface area contributed by atoms with Crippen LogP contribution in [0.25, 0.3) is 10.9 Å². The molecule has 2 aliphatic rings. The van der Waals surface area contributed by atoms with E-state index < -0.39 is 6.16 Å². The van der Waals surface area contributed by atoms with Crippen LogP contribution < -0.4 is 10.3 Å². The van der Waals surface area contributed by atoms with Gasteiger partial charge in [0, 0.05) is 56.4 Å². The molecule has 4 rings (SSSR count). The average molecular weight is 434 g/mol. The SMILES string of the molecule is CON=C(C)CN1CCN(c2cc3c(cc2F)c(=O)ccn3C2CC2)CC1.O=C(O)O. The van der Waals surface area contributed by atoms with Gasteiger partial charge < -0.3 is 24.5 Å². The highest BCUT2D eigenvalue weighted by molar-refractivity contribution is 5.84. The summed E-state index contributed by atoms with van der Waals surface area (Å²) >= 11 is 0. The molecule has 31 heavy (non-hydrogen) atoms.